The Hall–Kier alpha value is -1.58. The van der Waals surface area contributed by atoms with Crippen LogP contribution in [0.3, 0.4) is 0 Å². The monoisotopic (exact) mass is 234 g/mol. The average molecular weight is 234 g/mol. The van der Waals surface area contributed by atoms with E-state index in [2.05, 4.69) is 11.9 Å². The minimum absolute atomic E-state index is 0.0350. The summed E-state index contributed by atoms with van der Waals surface area (Å²) in [5, 5.41) is 0. The molecule has 0 radical (unpaired) electrons. The van der Waals surface area contributed by atoms with E-state index in [-0.39, 0.29) is 11.5 Å². The minimum atomic E-state index is -0.174. The maximum Gasteiger partial charge on any atom is 0.255 e. The fourth-order valence-electron chi connectivity index (χ4n) is 2.40. The maximum atomic E-state index is 12.3. The van der Waals surface area contributed by atoms with E-state index in [0.717, 1.165) is 25.8 Å². The molecule has 2 heterocycles. The highest BCUT2D eigenvalue weighted by Gasteiger charge is 2.25. The summed E-state index contributed by atoms with van der Waals surface area (Å²) in [5.41, 5.74) is 0.400. The highest BCUT2D eigenvalue weighted by molar-refractivity contribution is 5.94. The molecule has 1 aliphatic heterocycles. The number of hydrogen-bond donors (Lipinski definition) is 1. The van der Waals surface area contributed by atoms with Crippen molar-refractivity contribution in [1.29, 1.82) is 0 Å². The summed E-state index contributed by atoms with van der Waals surface area (Å²) in [5.74, 6) is 0.0350. The molecule has 1 aromatic heterocycles. The fraction of sp³-hybridized carbons (Fsp3) is 0.538. The molecule has 1 saturated heterocycles. The summed E-state index contributed by atoms with van der Waals surface area (Å²) in [4.78, 5) is 27.7. The zero-order valence-electron chi connectivity index (χ0n) is 10.1. The van der Waals surface area contributed by atoms with Crippen molar-refractivity contribution < 1.29 is 4.79 Å². The van der Waals surface area contributed by atoms with Gasteiger partial charge in [-0.3, -0.25) is 9.59 Å². The first-order chi connectivity index (χ1) is 8.22. The van der Waals surface area contributed by atoms with E-state index >= 15 is 0 Å². The third-order valence-electron chi connectivity index (χ3n) is 3.39. The van der Waals surface area contributed by atoms with Gasteiger partial charge in [0, 0.05) is 24.8 Å². The van der Waals surface area contributed by atoms with Crippen LogP contribution in [0.4, 0.5) is 0 Å². The summed E-state index contributed by atoms with van der Waals surface area (Å²) in [6.07, 6.45) is 5.87. The number of amides is 1. The van der Waals surface area contributed by atoms with Crippen molar-refractivity contribution in [1.82, 2.24) is 9.88 Å². The number of nitrogens with one attached hydrogen (secondary N) is 1. The Balaban J connectivity index is 2.18. The van der Waals surface area contributed by atoms with Gasteiger partial charge in [-0.2, -0.15) is 0 Å². The molecule has 4 nitrogen and oxygen atoms in total. The molecule has 17 heavy (non-hydrogen) atoms. The van der Waals surface area contributed by atoms with E-state index in [1.54, 1.807) is 6.07 Å². The van der Waals surface area contributed by atoms with Crippen molar-refractivity contribution in [2.75, 3.05) is 6.54 Å². The van der Waals surface area contributed by atoms with Gasteiger partial charge in [0.15, 0.2) is 0 Å². The molecular weight excluding hydrogens is 216 g/mol. The first-order valence-corrected chi connectivity index (χ1v) is 6.22. The van der Waals surface area contributed by atoms with Gasteiger partial charge in [0.1, 0.15) is 0 Å². The number of hydrogen-bond acceptors (Lipinski definition) is 2. The lowest BCUT2D eigenvalue weighted by Gasteiger charge is -2.35. The second-order valence-electron chi connectivity index (χ2n) is 4.50. The normalized spacial score (nSPS) is 20.3. The molecule has 1 fully saturated rings. The molecular formula is C13H18N2O2. The topological polar surface area (TPSA) is 53.2 Å². The van der Waals surface area contributed by atoms with E-state index in [4.69, 9.17) is 0 Å². The largest absolute Gasteiger partial charge is 0.336 e. The average Bonchev–Trinajstić information content (AvgIpc) is 2.39. The number of carbonyl (C=O) groups excluding carboxylic acids is 1. The van der Waals surface area contributed by atoms with Crippen molar-refractivity contribution in [3.05, 3.63) is 34.2 Å². The van der Waals surface area contributed by atoms with Crippen LogP contribution in [-0.4, -0.2) is 28.4 Å². The number of aromatic nitrogens is 1. The number of piperidine rings is 1. The van der Waals surface area contributed by atoms with Gasteiger partial charge >= 0.3 is 0 Å². The molecule has 4 heteroatoms. The molecule has 0 aromatic carbocycles. The van der Waals surface area contributed by atoms with Gasteiger partial charge in [-0.05, 0) is 31.7 Å². The number of likely N-dealkylation sites (tertiary alicyclic amines) is 1. The molecule has 1 amide bonds. The van der Waals surface area contributed by atoms with Crippen LogP contribution in [0.5, 0.6) is 0 Å². The Bertz CT molecular complexity index is 432. The highest BCUT2D eigenvalue weighted by atomic mass is 16.2. The summed E-state index contributed by atoms with van der Waals surface area (Å²) >= 11 is 0. The predicted molar refractivity (Wildman–Crippen MR) is 66.0 cm³/mol. The smallest absolute Gasteiger partial charge is 0.255 e. The summed E-state index contributed by atoms with van der Waals surface area (Å²) in [6, 6.07) is 3.35. The van der Waals surface area contributed by atoms with Gasteiger partial charge in [0.05, 0.1) is 5.56 Å². The third-order valence-corrected chi connectivity index (χ3v) is 3.39. The molecule has 0 aliphatic carbocycles. The molecule has 0 saturated carbocycles. The van der Waals surface area contributed by atoms with Crippen LogP contribution in [0.15, 0.2) is 23.1 Å². The Morgan fingerprint density at radius 3 is 2.94 bits per heavy atom. The fourth-order valence-corrected chi connectivity index (χ4v) is 2.40. The van der Waals surface area contributed by atoms with E-state index in [1.807, 2.05) is 4.90 Å². The second-order valence-corrected chi connectivity index (χ2v) is 4.50. The lowest BCUT2D eigenvalue weighted by atomic mass is 9.99. The van der Waals surface area contributed by atoms with Gasteiger partial charge in [-0.1, -0.05) is 6.92 Å². The van der Waals surface area contributed by atoms with Crippen LogP contribution < -0.4 is 5.56 Å². The van der Waals surface area contributed by atoms with Gasteiger partial charge in [-0.15, -0.1) is 0 Å². The molecule has 0 bridgehead atoms. The van der Waals surface area contributed by atoms with Crippen molar-refractivity contribution >= 4 is 5.91 Å². The zero-order chi connectivity index (χ0) is 12.3. The van der Waals surface area contributed by atoms with Crippen LogP contribution in [0, 0.1) is 0 Å². The standard InChI is InChI=1S/C13H18N2O2/c1-2-11-5-3-4-8-15(11)13(17)10-6-7-12(16)14-9-10/h6-7,9,11H,2-5,8H2,1H3,(H,14,16)/t11-/m1/s1. The third kappa shape index (κ3) is 2.57. The van der Waals surface area contributed by atoms with Crippen molar-refractivity contribution in [3.63, 3.8) is 0 Å². The molecule has 0 spiro atoms. The number of H-pyrrole nitrogens is 1. The molecule has 1 atom stereocenters. The quantitative estimate of drug-likeness (QED) is 0.848. The maximum absolute atomic E-state index is 12.3. The first kappa shape index (κ1) is 11.9. The summed E-state index contributed by atoms with van der Waals surface area (Å²) < 4.78 is 0. The zero-order valence-corrected chi connectivity index (χ0v) is 10.1. The molecule has 0 unspecified atom stereocenters. The van der Waals surface area contributed by atoms with Crippen LogP contribution in [-0.2, 0) is 0 Å². The van der Waals surface area contributed by atoms with Crippen LogP contribution in [0.1, 0.15) is 43.0 Å². The minimum Gasteiger partial charge on any atom is -0.336 e. The van der Waals surface area contributed by atoms with Gasteiger partial charge in [0.25, 0.3) is 5.91 Å². The first-order valence-electron chi connectivity index (χ1n) is 6.22. The van der Waals surface area contributed by atoms with Crippen molar-refractivity contribution in [2.45, 2.75) is 38.6 Å². The SMILES string of the molecule is CC[C@@H]1CCCCN1C(=O)c1ccc(=O)[nH]c1. The summed E-state index contributed by atoms with van der Waals surface area (Å²) in [7, 11) is 0. The molecule has 2 rings (SSSR count). The van der Waals surface area contributed by atoms with Crippen molar-refractivity contribution in [3.8, 4) is 0 Å². The number of rotatable bonds is 2. The Morgan fingerprint density at radius 2 is 2.29 bits per heavy atom. The van der Waals surface area contributed by atoms with Gasteiger partial charge in [0.2, 0.25) is 5.56 Å². The second kappa shape index (κ2) is 5.17. The van der Waals surface area contributed by atoms with Crippen molar-refractivity contribution in [2.24, 2.45) is 0 Å². The number of pyridine rings is 1. The molecule has 1 N–H and O–H groups in total. The summed E-state index contributed by atoms with van der Waals surface area (Å²) in [6.45, 7) is 2.94. The lowest BCUT2D eigenvalue weighted by Crippen LogP contribution is -2.43. The lowest BCUT2D eigenvalue weighted by molar-refractivity contribution is 0.0607. The van der Waals surface area contributed by atoms with E-state index < -0.39 is 0 Å². The van der Waals surface area contributed by atoms with Gasteiger partial charge < -0.3 is 9.88 Å². The molecule has 92 valence electrons. The predicted octanol–water partition coefficient (Wildman–Crippen LogP) is 1.78. The van der Waals surface area contributed by atoms with E-state index in [9.17, 15) is 9.59 Å². The molecule has 1 aromatic rings. The Labute approximate surface area is 101 Å². The van der Waals surface area contributed by atoms with Crippen LogP contribution in [0.25, 0.3) is 0 Å². The Morgan fingerprint density at radius 1 is 1.47 bits per heavy atom. The van der Waals surface area contributed by atoms with Crippen LogP contribution >= 0.6 is 0 Å². The van der Waals surface area contributed by atoms with Crippen LogP contribution in [0.2, 0.25) is 0 Å². The highest BCUT2D eigenvalue weighted by Crippen LogP contribution is 2.21. The van der Waals surface area contributed by atoms with Gasteiger partial charge in [-0.25, -0.2) is 0 Å². The number of carbonyl (C=O) groups is 1. The number of aromatic amines is 1. The molecule has 1 aliphatic rings. The Kier molecular flexibility index (Phi) is 3.61. The van der Waals surface area contributed by atoms with E-state index in [0.29, 0.717) is 11.6 Å². The van der Waals surface area contributed by atoms with E-state index in [1.165, 1.54) is 18.7 Å². The number of nitrogens with zero attached hydrogens (tertiary/aromatic N) is 1.